The summed E-state index contributed by atoms with van der Waals surface area (Å²) in [6.07, 6.45) is -0.513. The highest BCUT2D eigenvalue weighted by Crippen LogP contribution is 2.41. The molecule has 1 fully saturated rings. The molecule has 0 bridgehead atoms. The van der Waals surface area contributed by atoms with Crippen molar-refractivity contribution in [3.8, 4) is 6.07 Å². The number of hydrogen-bond acceptors (Lipinski definition) is 6. The summed E-state index contributed by atoms with van der Waals surface area (Å²) in [4.78, 5) is 37.7. The number of hydrogen-bond donors (Lipinski definition) is 1. The number of benzene rings is 2. The van der Waals surface area contributed by atoms with E-state index in [2.05, 4.69) is 5.32 Å². The number of nitrogens with one attached hydrogen (secondary N) is 1. The van der Waals surface area contributed by atoms with Crippen molar-refractivity contribution in [2.24, 2.45) is 0 Å². The van der Waals surface area contributed by atoms with Crippen molar-refractivity contribution in [1.29, 1.82) is 5.26 Å². The molecule has 7 nitrogen and oxygen atoms in total. The number of aliphatic carboxylic acids is 1. The van der Waals surface area contributed by atoms with E-state index in [-0.39, 0.29) is 17.1 Å². The Morgan fingerprint density at radius 3 is 2.31 bits per heavy atom. The Morgan fingerprint density at radius 1 is 1.10 bits per heavy atom. The van der Waals surface area contributed by atoms with Crippen LogP contribution >= 0.6 is 11.8 Å². The van der Waals surface area contributed by atoms with Gasteiger partial charge in [-0.05, 0) is 17.7 Å². The van der Waals surface area contributed by atoms with E-state index in [1.807, 2.05) is 36.4 Å². The number of anilines is 1. The number of nitrogens with zero attached hydrogens (tertiary/aromatic N) is 2. The molecule has 0 radical (unpaired) electrons. The van der Waals surface area contributed by atoms with Crippen LogP contribution in [0.1, 0.15) is 12.0 Å². The molecular formula is C21H16N3O4S-. The standard InChI is InChI=1S/C21H17N3O4S/c22-12-16(19(27)23-13-14-7-3-1-4-8-14)21-24(15-9-5-2-6-10-15)20(28)17(29-21)11-18(25)26/h1-10,17H,11,13H2,(H,23,27)(H,25,26)/p-1/b21-16-/t17-/m0/s1. The molecule has 1 aliphatic rings. The Labute approximate surface area is 171 Å². The van der Waals surface area contributed by atoms with Gasteiger partial charge in [-0.1, -0.05) is 60.3 Å². The molecule has 29 heavy (non-hydrogen) atoms. The summed E-state index contributed by atoms with van der Waals surface area (Å²) >= 11 is 0.885. The van der Waals surface area contributed by atoms with Crippen LogP contribution in [0.15, 0.2) is 71.3 Å². The van der Waals surface area contributed by atoms with Crippen molar-refractivity contribution in [3.63, 3.8) is 0 Å². The van der Waals surface area contributed by atoms with E-state index < -0.39 is 29.5 Å². The minimum Gasteiger partial charge on any atom is -0.550 e. The number of para-hydroxylation sites is 1. The highest BCUT2D eigenvalue weighted by Gasteiger charge is 2.40. The van der Waals surface area contributed by atoms with Crippen LogP contribution in [0.2, 0.25) is 0 Å². The molecule has 0 aromatic heterocycles. The van der Waals surface area contributed by atoms with E-state index in [0.717, 1.165) is 17.3 Å². The average Bonchev–Trinajstić information content (AvgIpc) is 3.03. The molecule has 1 saturated heterocycles. The Kier molecular flexibility index (Phi) is 6.32. The third kappa shape index (κ3) is 4.65. The van der Waals surface area contributed by atoms with Crippen LogP contribution in [0, 0.1) is 11.3 Å². The van der Waals surface area contributed by atoms with Crippen LogP contribution in [-0.2, 0) is 20.9 Å². The first-order valence-corrected chi connectivity index (χ1v) is 9.61. The Bertz CT molecular complexity index is 1000. The SMILES string of the molecule is N#C/C(C(=O)NCc1ccccc1)=C1/S[C@@H](CC(=O)[O-])C(=O)N1c1ccccc1. The minimum absolute atomic E-state index is 0.112. The zero-order valence-corrected chi connectivity index (χ0v) is 16.0. The third-order valence-electron chi connectivity index (χ3n) is 4.17. The van der Waals surface area contributed by atoms with Crippen LogP contribution in [0.25, 0.3) is 0 Å². The Morgan fingerprint density at radius 2 is 1.72 bits per heavy atom. The second-order valence-electron chi connectivity index (χ2n) is 6.15. The van der Waals surface area contributed by atoms with Gasteiger partial charge in [0.15, 0.2) is 0 Å². The first-order valence-electron chi connectivity index (χ1n) is 8.73. The van der Waals surface area contributed by atoms with Gasteiger partial charge in [-0.3, -0.25) is 14.5 Å². The summed E-state index contributed by atoms with van der Waals surface area (Å²) in [6, 6.07) is 19.5. The fraction of sp³-hybridized carbons (Fsp3) is 0.143. The van der Waals surface area contributed by atoms with Gasteiger partial charge in [-0.2, -0.15) is 5.26 Å². The van der Waals surface area contributed by atoms with Gasteiger partial charge >= 0.3 is 0 Å². The predicted octanol–water partition coefficient (Wildman–Crippen LogP) is 1.33. The maximum absolute atomic E-state index is 12.8. The van der Waals surface area contributed by atoms with E-state index in [9.17, 15) is 24.8 Å². The number of rotatable bonds is 6. The van der Waals surface area contributed by atoms with Crippen LogP contribution in [0.5, 0.6) is 0 Å². The summed E-state index contributed by atoms with van der Waals surface area (Å²) in [5, 5.41) is 22.5. The maximum atomic E-state index is 12.8. The number of nitriles is 1. The first-order chi connectivity index (χ1) is 14.0. The van der Waals surface area contributed by atoms with E-state index in [1.54, 1.807) is 30.3 Å². The number of amides is 2. The van der Waals surface area contributed by atoms with Crippen molar-refractivity contribution in [1.82, 2.24) is 5.32 Å². The monoisotopic (exact) mass is 406 g/mol. The summed E-state index contributed by atoms with van der Waals surface area (Å²) in [5.74, 6) is -2.53. The van der Waals surface area contributed by atoms with Gasteiger partial charge in [0.2, 0.25) is 5.91 Å². The van der Waals surface area contributed by atoms with Crippen molar-refractivity contribution in [3.05, 3.63) is 76.8 Å². The van der Waals surface area contributed by atoms with Gasteiger partial charge in [0.05, 0.1) is 5.25 Å². The molecule has 1 atom stereocenters. The molecule has 2 aromatic rings. The smallest absolute Gasteiger partial charge is 0.264 e. The molecule has 2 amide bonds. The number of carbonyl (C=O) groups is 3. The maximum Gasteiger partial charge on any atom is 0.264 e. The van der Waals surface area contributed by atoms with E-state index in [4.69, 9.17) is 0 Å². The normalized spacial score (nSPS) is 17.6. The van der Waals surface area contributed by atoms with E-state index >= 15 is 0 Å². The number of thioether (sulfide) groups is 1. The molecule has 0 spiro atoms. The van der Waals surface area contributed by atoms with Crippen LogP contribution < -0.4 is 15.3 Å². The molecular weight excluding hydrogens is 390 g/mol. The number of carbonyl (C=O) groups excluding carboxylic acids is 3. The predicted molar refractivity (Wildman–Crippen MR) is 106 cm³/mol. The van der Waals surface area contributed by atoms with Crippen LogP contribution in [0.3, 0.4) is 0 Å². The highest BCUT2D eigenvalue weighted by atomic mass is 32.2. The van der Waals surface area contributed by atoms with Crippen LogP contribution in [-0.4, -0.2) is 23.0 Å². The lowest BCUT2D eigenvalue weighted by Crippen LogP contribution is -2.34. The summed E-state index contributed by atoms with van der Waals surface area (Å²) < 4.78 is 0. The minimum atomic E-state index is -1.38. The molecule has 1 aliphatic heterocycles. The van der Waals surface area contributed by atoms with Gasteiger partial charge < -0.3 is 15.2 Å². The molecule has 2 aromatic carbocycles. The molecule has 0 unspecified atom stereocenters. The zero-order valence-electron chi connectivity index (χ0n) is 15.2. The molecule has 146 valence electrons. The second kappa shape index (κ2) is 9.08. The quantitative estimate of drug-likeness (QED) is 0.572. The summed E-state index contributed by atoms with van der Waals surface area (Å²) in [7, 11) is 0. The van der Waals surface area contributed by atoms with Crippen molar-refractivity contribution < 1.29 is 19.5 Å². The lowest BCUT2D eigenvalue weighted by Gasteiger charge is -2.18. The van der Waals surface area contributed by atoms with Crippen molar-refractivity contribution in [2.45, 2.75) is 18.2 Å². The molecule has 8 heteroatoms. The third-order valence-corrected chi connectivity index (χ3v) is 5.43. The Hall–Kier alpha value is -3.57. The molecule has 1 N–H and O–H groups in total. The number of carboxylic acids is 1. The second-order valence-corrected chi connectivity index (χ2v) is 7.34. The zero-order chi connectivity index (χ0) is 20.8. The summed E-state index contributed by atoms with van der Waals surface area (Å²) in [6.45, 7) is 0.213. The topological polar surface area (TPSA) is 113 Å². The highest BCUT2D eigenvalue weighted by molar-refractivity contribution is 8.05. The van der Waals surface area contributed by atoms with Gasteiger partial charge in [-0.25, -0.2) is 0 Å². The van der Waals surface area contributed by atoms with E-state index in [1.165, 1.54) is 4.90 Å². The van der Waals surface area contributed by atoms with Crippen molar-refractivity contribution >= 4 is 35.2 Å². The summed E-state index contributed by atoms with van der Waals surface area (Å²) in [5.41, 5.74) is 1.06. The largest absolute Gasteiger partial charge is 0.550 e. The van der Waals surface area contributed by atoms with Gasteiger partial charge in [0.1, 0.15) is 16.7 Å². The van der Waals surface area contributed by atoms with Gasteiger partial charge in [0.25, 0.3) is 5.91 Å². The molecule has 3 rings (SSSR count). The molecule has 1 heterocycles. The lowest BCUT2D eigenvalue weighted by molar-refractivity contribution is -0.305. The molecule has 0 saturated carbocycles. The van der Waals surface area contributed by atoms with Crippen molar-refractivity contribution in [2.75, 3.05) is 4.90 Å². The Balaban J connectivity index is 1.93. The number of carboxylic acid groups (broad SMARTS) is 1. The van der Waals surface area contributed by atoms with Gasteiger partial charge in [-0.15, -0.1) is 0 Å². The van der Waals surface area contributed by atoms with Gasteiger partial charge in [0, 0.05) is 24.6 Å². The average molecular weight is 406 g/mol. The fourth-order valence-electron chi connectivity index (χ4n) is 2.82. The van der Waals surface area contributed by atoms with Crippen LogP contribution in [0.4, 0.5) is 5.69 Å². The fourth-order valence-corrected chi connectivity index (χ4v) is 4.07. The van der Waals surface area contributed by atoms with E-state index in [0.29, 0.717) is 5.69 Å². The first kappa shape index (κ1) is 20.2. The lowest BCUT2D eigenvalue weighted by atomic mass is 10.2. The molecule has 0 aliphatic carbocycles.